The van der Waals surface area contributed by atoms with Gasteiger partial charge in [0.1, 0.15) is 5.75 Å². The van der Waals surface area contributed by atoms with Gasteiger partial charge in [0, 0.05) is 13.1 Å². The number of sulfonamides is 2. The van der Waals surface area contributed by atoms with Gasteiger partial charge < -0.3 is 4.74 Å². The summed E-state index contributed by atoms with van der Waals surface area (Å²) in [5, 5.41) is 0. The summed E-state index contributed by atoms with van der Waals surface area (Å²) in [5.41, 5.74) is 1.49. The molecular formula is C17H22N2O5S2. The van der Waals surface area contributed by atoms with Crippen LogP contribution in [-0.2, 0) is 20.0 Å². The zero-order valence-electron chi connectivity index (χ0n) is 14.8. The molecule has 2 aromatic carbocycles. The van der Waals surface area contributed by atoms with Crippen molar-refractivity contribution in [1.29, 1.82) is 0 Å². The summed E-state index contributed by atoms with van der Waals surface area (Å²) < 4.78 is 57.3. The van der Waals surface area contributed by atoms with Gasteiger partial charge >= 0.3 is 0 Å². The summed E-state index contributed by atoms with van der Waals surface area (Å²) in [6.07, 6.45) is 1.09. The van der Waals surface area contributed by atoms with E-state index in [0.717, 1.165) is 11.8 Å². The van der Waals surface area contributed by atoms with Gasteiger partial charge in [-0.1, -0.05) is 17.7 Å². The lowest BCUT2D eigenvalue weighted by molar-refractivity contribution is 0.414. The predicted molar refractivity (Wildman–Crippen MR) is 102 cm³/mol. The number of hydrogen-bond donors (Lipinski definition) is 1. The van der Waals surface area contributed by atoms with Crippen molar-refractivity contribution in [3.63, 3.8) is 0 Å². The third-order valence-corrected chi connectivity index (χ3v) is 6.37. The Balaban J connectivity index is 2.10. The molecular weight excluding hydrogens is 376 g/mol. The van der Waals surface area contributed by atoms with Gasteiger partial charge in [-0.05, 0) is 43.3 Å². The lowest BCUT2D eigenvalue weighted by atomic mass is 10.2. The van der Waals surface area contributed by atoms with Crippen molar-refractivity contribution in [2.24, 2.45) is 0 Å². The Morgan fingerprint density at radius 2 is 1.54 bits per heavy atom. The maximum Gasteiger partial charge on any atom is 0.240 e. The van der Waals surface area contributed by atoms with Gasteiger partial charge in [0.15, 0.2) is 0 Å². The molecule has 0 bridgehead atoms. The molecule has 0 aliphatic carbocycles. The van der Waals surface area contributed by atoms with E-state index in [2.05, 4.69) is 4.72 Å². The highest BCUT2D eigenvalue weighted by atomic mass is 32.2. The van der Waals surface area contributed by atoms with Gasteiger partial charge in [-0.25, -0.2) is 21.6 Å². The summed E-state index contributed by atoms with van der Waals surface area (Å²) in [7, 11) is -5.79. The van der Waals surface area contributed by atoms with Crippen molar-refractivity contribution < 1.29 is 21.6 Å². The largest absolute Gasteiger partial charge is 0.497 e. The van der Waals surface area contributed by atoms with E-state index in [1.165, 1.54) is 23.5 Å². The number of anilines is 1. The molecule has 9 heteroatoms. The molecule has 2 aromatic rings. The fourth-order valence-corrected chi connectivity index (χ4v) is 4.27. The maximum atomic E-state index is 12.3. The number of nitrogens with zero attached hydrogens (tertiary/aromatic N) is 1. The number of aryl methyl sites for hydroxylation is 1. The second kappa shape index (κ2) is 8.07. The average Bonchev–Trinajstić information content (AvgIpc) is 2.59. The van der Waals surface area contributed by atoms with E-state index in [0.29, 0.717) is 11.4 Å². The van der Waals surface area contributed by atoms with Crippen LogP contribution >= 0.6 is 0 Å². The zero-order chi connectivity index (χ0) is 19.4. The maximum absolute atomic E-state index is 12.3. The highest BCUT2D eigenvalue weighted by Crippen LogP contribution is 2.18. The Labute approximate surface area is 154 Å². The summed E-state index contributed by atoms with van der Waals surface area (Å²) in [6.45, 7) is 1.82. The summed E-state index contributed by atoms with van der Waals surface area (Å²) >= 11 is 0. The number of rotatable bonds is 8. The minimum atomic E-state index is -3.74. The third kappa shape index (κ3) is 5.20. The Bertz CT molecular complexity index is 938. The number of methoxy groups -OCH3 is 1. The number of hydrogen-bond acceptors (Lipinski definition) is 5. The SMILES string of the molecule is COc1ccc(S(=O)(=O)NCCN(c2ccc(C)cc2)S(C)(=O)=O)cc1. The van der Waals surface area contributed by atoms with Crippen molar-refractivity contribution in [2.75, 3.05) is 30.8 Å². The molecule has 0 unspecified atom stereocenters. The van der Waals surface area contributed by atoms with Gasteiger partial charge in [-0.2, -0.15) is 0 Å². The zero-order valence-corrected chi connectivity index (χ0v) is 16.5. The van der Waals surface area contributed by atoms with E-state index >= 15 is 0 Å². The van der Waals surface area contributed by atoms with E-state index < -0.39 is 20.0 Å². The summed E-state index contributed by atoms with van der Waals surface area (Å²) in [6, 6.07) is 12.9. The van der Waals surface area contributed by atoms with Crippen molar-refractivity contribution in [3.8, 4) is 5.75 Å². The first kappa shape index (κ1) is 20.2. The number of nitrogens with one attached hydrogen (secondary N) is 1. The second-order valence-electron chi connectivity index (χ2n) is 5.74. The first-order valence-electron chi connectivity index (χ1n) is 7.81. The molecule has 1 N–H and O–H groups in total. The van der Waals surface area contributed by atoms with Crippen LogP contribution in [0.15, 0.2) is 53.4 Å². The van der Waals surface area contributed by atoms with Crippen molar-refractivity contribution >= 4 is 25.7 Å². The molecule has 0 atom stereocenters. The molecule has 26 heavy (non-hydrogen) atoms. The first-order chi connectivity index (χ1) is 12.1. The smallest absolute Gasteiger partial charge is 0.240 e. The Kier molecular flexibility index (Phi) is 6.27. The molecule has 0 radical (unpaired) electrons. The molecule has 0 heterocycles. The Hall–Kier alpha value is -2.10. The molecule has 0 fully saturated rings. The van der Waals surface area contributed by atoms with Gasteiger partial charge in [0.25, 0.3) is 0 Å². The molecule has 0 saturated carbocycles. The molecule has 142 valence electrons. The second-order valence-corrected chi connectivity index (χ2v) is 9.42. The van der Waals surface area contributed by atoms with Gasteiger partial charge in [-0.15, -0.1) is 0 Å². The van der Waals surface area contributed by atoms with Crippen LogP contribution < -0.4 is 13.8 Å². The average molecular weight is 399 g/mol. The minimum absolute atomic E-state index is 0.0166. The standard InChI is InChI=1S/C17H22N2O5S2/c1-14-4-6-15(7-5-14)19(25(3,20)21)13-12-18-26(22,23)17-10-8-16(24-2)9-11-17/h4-11,18H,12-13H2,1-3H3. The van der Waals surface area contributed by atoms with E-state index in [1.54, 1.807) is 36.4 Å². The minimum Gasteiger partial charge on any atom is -0.497 e. The van der Waals surface area contributed by atoms with Gasteiger partial charge in [0.05, 0.1) is 23.9 Å². The van der Waals surface area contributed by atoms with E-state index in [-0.39, 0.29) is 18.0 Å². The molecule has 0 spiro atoms. The van der Waals surface area contributed by atoms with E-state index in [1.807, 2.05) is 6.92 Å². The predicted octanol–water partition coefficient (Wildman–Crippen LogP) is 1.75. The van der Waals surface area contributed by atoms with Gasteiger partial charge in [0.2, 0.25) is 20.0 Å². The molecule has 0 amide bonds. The third-order valence-electron chi connectivity index (χ3n) is 3.70. The Morgan fingerprint density at radius 3 is 2.04 bits per heavy atom. The van der Waals surface area contributed by atoms with Crippen LogP contribution in [0.4, 0.5) is 5.69 Å². The van der Waals surface area contributed by atoms with Crippen molar-refractivity contribution in [1.82, 2.24) is 4.72 Å². The quantitative estimate of drug-likeness (QED) is 0.731. The van der Waals surface area contributed by atoms with Crippen LogP contribution in [0.1, 0.15) is 5.56 Å². The van der Waals surface area contributed by atoms with Crippen LogP contribution in [0.25, 0.3) is 0 Å². The lowest BCUT2D eigenvalue weighted by Crippen LogP contribution is -2.38. The van der Waals surface area contributed by atoms with E-state index in [4.69, 9.17) is 4.74 Å². The topological polar surface area (TPSA) is 92.8 Å². The molecule has 0 aliphatic heterocycles. The van der Waals surface area contributed by atoms with Crippen LogP contribution in [0, 0.1) is 6.92 Å². The Morgan fingerprint density at radius 1 is 0.962 bits per heavy atom. The highest BCUT2D eigenvalue weighted by Gasteiger charge is 2.19. The highest BCUT2D eigenvalue weighted by molar-refractivity contribution is 7.92. The summed E-state index contributed by atoms with van der Waals surface area (Å²) in [5.74, 6) is 0.548. The molecule has 2 rings (SSSR count). The van der Waals surface area contributed by atoms with Crippen LogP contribution in [0.2, 0.25) is 0 Å². The molecule has 0 saturated heterocycles. The molecule has 0 aromatic heterocycles. The number of benzene rings is 2. The normalized spacial score (nSPS) is 12.0. The monoisotopic (exact) mass is 398 g/mol. The molecule has 7 nitrogen and oxygen atoms in total. The van der Waals surface area contributed by atoms with Crippen molar-refractivity contribution in [3.05, 3.63) is 54.1 Å². The first-order valence-corrected chi connectivity index (χ1v) is 11.1. The van der Waals surface area contributed by atoms with Crippen LogP contribution in [0.5, 0.6) is 5.75 Å². The van der Waals surface area contributed by atoms with Crippen LogP contribution in [0.3, 0.4) is 0 Å². The van der Waals surface area contributed by atoms with Gasteiger partial charge in [-0.3, -0.25) is 4.31 Å². The lowest BCUT2D eigenvalue weighted by Gasteiger charge is -2.22. The van der Waals surface area contributed by atoms with Crippen molar-refractivity contribution in [2.45, 2.75) is 11.8 Å². The van der Waals surface area contributed by atoms with E-state index in [9.17, 15) is 16.8 Å². The fraction of sp³-hybridized carbons (Fsp3) is 0.294. The summed E-state index contributed by atoms with van der Waals surface area (Å²) in [4.78, 5) is 0.0829. The fourth-order valence-electron chi connectivity index (χ4n) is 2.32. The van der Waals surface area contributed by atoms with Crippen LogP contribution in [-0.4, -0.2) is 43.3 Å². The number of ether oxygens (including phenoxy) is 1. The molecule has 0 aliphatic rings.